The topological polar surface area (TPSA) is 77.0 Å². The molecule has 1 N–H and O–H groups in total. The number of carbonyl (C=O) groups is 2. The van der Waals surface area contributed by atoms with Gasteiger partial charge >= 0.3 is 6.18 Å². The van der Waals surface area contributed by atoms with Gasteiger partial charge in [0.15, 0.2) is 0 Å². The van der Waals surface area contributed by atoms with Crippen molar-refractivity contribution in [1.82, 2.24) is 5.32 Å². The molecule has 1 aliphatic heterocycles. The summed E-state index contributed by atoms with van der Waals surface area (Å²) >= 11 is 0. The second-order valence-corrected chi connectivity index (χ2v) is 7.90. The summed E-state index contributed by atoms with van der Waals surface area (Å²) in [7, 11) is 1.47. The molecule has 0 fully saturated rings. The molecule has 9 heteroatoms. The monoisotopic (exact) mass is 482 g/mol. The summed E-state index contributed by atoms with van der Waals surface area (Å²) in [4.78, 5) is 32.3. The van der Waals surface area contributed by atoms with Crippen molar-refractivity contribution in [1.29, 1.82) is 0 Å². The Kier molecular flexibility index (Phi) is 6.59. The first-order valence-electron chi connectivity index (χ1n) is 10.7. The van der Waals surface area contributed by atoms with Crippen LogP contribution in [0.25, 0.3) is 0 Å². The molecular formula is C26H21F3N2O4. The van der Waals surface area contributed by atoms with Crippen molar-refractivity contribution in [3.05, 3.63) is 101 Å². The number of methoxy groups -OCH3 is 1. The maximum Gasteiger partial charge on any atom is 0.417 e. The number of nitrogens with one attached hydrogen (secondary N) is 1. The lowest BCUT2D eigenvalue weighted by atomic mass is 9.85. The Morgan fingerprint density at radius 3 is 2.31 bits per heavy atom. The predicted octanol–water partition coefficient (Wildman–Crippen LogP) is 4.78. The quantitative estimate of drug-likeness (QED) is 0.389. The molecule has 4 rings (SSSR count). The fourth-order valence-corrected chi connectivity index (χ4v) is 3.80. The van der Waals surface area contributed by atoms with Crippen molar-refractivity contribution in [2.24, 2.45) is 5.16 Å². The Hall–Kier alpha value is -4.14. The van der Waals surface area contributed by atoms with Gasteiger partial charge in [-0.2, -0.15) is 13.2 Å². The van der Waals surface area contributed by atoms with Crippen molar-refractivity contribution in [2.45, 2.75) is 24.7 Å². The van der Waals surface area contributed by atoms with Crippen LogP contribution in [0.15, 0.2) is 84.0 Å². The second-order valence-electron chi connectivity index (χ2n) is 7.90. The number of halogens is 3. The fraction of sp³-hybridized carbons (Fsp3) is 0.192. The summed E-state index contributed by atoms with van der Waals surface area (Å²) in [5.74, 6) is -1.04. The molecule has 0 saturated carbocycles. The fourth-order valence-electron chi connectivity index (χ4n) is 3.80. The van der Waals surface area contributed by atoms with Gasteiger partial charge in [-0.3, -0.25) is 9.59 Å². The molecule has 0 saturated heterocycles. The molecular weight excluding hydrogens is 461 g/mol. The number of carbonyl (C=O) groups excluding carboxylic acids is 2. The van der Waals surface area contributed by atoms with Crippen molar-refractivity contribution < 1.29 is 32.3 Å². The summed E-state index contributed by atoms with van der Waals surface area (Å²) in [6, 6.07) is 19.8. The minimum Gasteiger partial charge on any atom is -0.497 e. The van der Waals surface area contributed by atoms with E-state index >= 15 is 0 Å². The van der Waals surface area contributed by atoms with Crippen LogP contribution in [0, 0.1) is 0 Å². The zero-order chi connectivity index (χ0) is 25.1. The van der Waals surface area contributed by atoms with Crippen LogP contribution in [0.5, 0.6) is 5.75 Å². The first kappa shape index (κ1) is 24.0. The van der Waals surface area contributed by atoms with Gasteiger partial charge in [0.05, 0.1) is 24.8 Å². The number of ketones is 1. The van der Waals surface area contributed by atoms with Crippen LogP contribution in [0.4, 0.5) is 13.2 Å². The highest BCUT2D eigenvalue weighted by Crippen LogP contribution is 2.37. The third-order valence-corrected chi connectivity index (χ3v) is 5.65. The molecule has 180 valence electrons. The van der Waals surface area contributed by atoms with E-state index in [-0.39, 0.29) is 23.4 Å². The SMILES string of the molecule is COc1ccc(C(=O)C2(C(=O)NCc3ccccc3)CC(c3ccccc3C(F)(F)F)=NO2)cc1. The lowest BCUT2D eigenvalue weighted by molar-refractivity contribution is -0.138. The third-order valence-electron chi connectivity index (χ3n) is 5.65. The Morgan fingerprint density at radius 2 is 1.66 bits per heavy atom. The van der Waals surface area contributed by atoms with E-state index in [0.29, 0.717) is 5.75 Å². The van der Waals surface area contributed by atoms with E-state index in [0.717, 1.165) is 11.6 Å². The molecule has 0 bridgehead atoms. The largest absolute Gasteiger partial charge is 0.497 e. The maximum absolute atomic E-state index is 13.6. The lowest BCUT2D eigenvalue weighted by Gasteiger charge is -2.24. The number of benzene rings is 3. The van der Waals surface area contributed by atoms with Gasteiger partial charge in [-0.15, -0.1) is 0 Å². The number of amides is 1. The van der Waals surface area contributed by atoms with Crippen molar-refractivity contribution in [2.75, 3.05) is 7.11 Å². The lowest BCUT2D eigenvalue weighted by Crippen LogP contribution is -2.53. The summed E-state index contributed by atoms with van der Waals surface area (Å²) in [6.45, 7) is 0.0924. The van der Waals surface area contributed by atoms with E-state index in [1.54, 1.807) is 36.4 Å². The summed E-state index contributed by atoms with van der Waals surface area (Å²) in [5, 5.41) is 6.47. The molecule has 3 aromatic rings. The van der Waals surface area contributed by atoms with Gasteiger partial charge in [0.1, 0.15) is 5.75 Å². The van der Waals surface area contributed by atoms with Crippen LogP contribution >= 0.6 is 0 Å². The maximum atomic E-state index is 13.6. The van der Waals surface area contributed by atoms with Crippen LogP contribution in [-0.2, 0) is 22.4 Å². The number of hydrogen-bond acceptors (Lipinski definition) is 5. The third kappa shape index (κ3) is 4.89. The van der Waals surface area contributed by atoms with Gasteiger partial charge in [0.25, 0.3) is 11.5 Å². The number of hydrogen-bond donors (Lipinski definition) is 1. The van der Waals surface area contributed by atoms with Crippen molar-refractivity contribution in [3.8, 4) is 5.75 Å². The minimum absolute atomic E-state index is 0.0924. The van der Waals surface area contributed by atoms with Gasteiger partial charge in [0, 0.05) is 17.7 Å². The highest BCUT2D eigenvalue weighted by atomic mass is 19.4. The van der Waals surface area contributed by atoms with E-state index in [2.05, 4.69) is 10.5 Å². The first-order chi connectivity index (χ1) is 16.7. The second kappa shape index (κ2) is 9.61. The molecule has 0 aromatic heterocycles. The van der Waals surface area contributed by atoms with E-state index < -0.39 is 35.5 Å². The number of nitrogens with zero attached hydrogens (tertiary/aromatic N) is 1. The van der Waals surface area contributed by atoms with Crippen LogP contribution in [0.3, 0.4) is 0 Å². The number of Topliss-reactive ketones (excluding diaryl/α,β-unsaturated/α-hetero) is 1. The zero-order valence-corrected chi connectivity index (χ0v) is 18.6. The average molecular weight is 482 g/mol. The van der Waals surface area contributed by atoms with Gasteiger partial charge < -0.3 is 14.9 Å². The molecule has 0 radical (unpaired) electrons. The molecule has 1 atom stereocenters. The normalized spacial score (nSPS) is 17.3. The molecule has 1 amide bonds. The average Bonchev–Trinajstić information content (AvgIpc) is 3.34. The van der Waals surface area contributed by atoms with Crippen LogP contribution in [0.2, 0.25) is 0 Å². The molecule has 0 spiro atoms. The summed E-state index contributed by atoms with van der Waals surface area (Å²) < 4.78 is 45.9. The van der Waals surface area contributed by atoms with Gasteiger partial charge in [-0.05, 0) is 35.9 Å². The van der Waals surface area contributed by atoms with Crippen molar-refractivity contribution in [3.63, 3.8) is 0 Å². The summed E-state index contributed by atoms with van der Waals surface area (Å²) in [6.07, 6.45) is -5.12. The highest BCUT2D eigenvalue weighted by molar-refractivity contribution is 6.21. The number of oxime groups is 1. The highest BCUT2D eigenvalue weighted by Gasteiger charge is 2.54. The van der Waals surface area contributed by atoms with Crippen LogP contribution in [-0.4, -0.2) is 30.1 Å². The van der Waals surface area contributed by atoms with E-state index in [4.69, 9.17) is 9.57 Å². The molecule has 1 heterocycles. The smallest absolute Gasteiger partial charge is 0.417 e. The number of alkyl halides is 3. The van der Waals surface area contributed by atoms with Crippen LogP contribution < -0.4 is 10.1 Å². The standard InChI is InChI=1S/C26H21F3N2O4/c1-34-19-13-11-18(12-14-19)23(32)25(24(33)30-16-17-7-3-2-4-8-17)15-22(31-35-25)20-9-5-6-10-21(20)26(27,28)29/h2-14H,15-16H2,1H3,(H,30,33). The minimum atomic E-state index is -4.65. The molecule has 0 aliphatic carbocycles. The first-order valence-corrected chi connectivity index (χ1v) is 10.7. The number of rotatable bonds is 7. The Bertz CT molecular complexity index is 1260. The van der Waals surface area contributed by atoms with Crippen LogP contribution in [0.1, 0.15) is 33.5 Å². The summed E-state index contributed by atoms with van der Waals surface area (Å²) in [5.41, 5.74) is -2.59. The number of ether oxygens (including phenoxy) is 1. The zero-order valence-electron chi connectivity index (χ0n) is 18.6. The molecule has 1 unspecified atom stereocenters. The Labute approximate surface area is 199 Å². The molecule has 6 nitrogen and oxygen atoms in total. The van der Waals surface area contributed by atoms with Gasteiger partial charge in [-0.25, -0.2) is 0 Å². The van der Waals surface area contributed by atoms with Crippen molar-refractivity contribution >= 4 is 17.4 Å². The molecule has 35 heavy (non-hydrogen) atoms. The molecule has 3 aromatic carbocycles. The van der Waals surface area contributed by atoms with Gasteiger partial charge in [-0.1, -0.05) is 53.7 Å². The van der Waals surface area contributed by atoms with E-state index in [9.17, 15) is 22.8 Å². The Balaban J connectivity index is 1.68. The predicted molar refractivity (Wildman–Crippen MR) is 122 cm³/mol. The van der Waals surface area contributed by atoms with Gasteiger partial charge in [0.2, 0.25) is 5.78 Å². The Morgan fingerprint density at radius 1 is 1.00 bits per heavy atom. The van der Waals surface area contributed by atoms with E-state index in [1.807, 2.05) is 6.07 Å². The molecule has 1 aliphatic rings. The van der Waals surface area contributed by atoms with E-state index in [1.165, 1.54) is 37.4 Å².